The molecule has 1 aromatic heterocycles. The molecule has 3 aromatic rings. The number of thiophene rings is 1. The van der Waals surface area contributed by atoms with Gasteiger partial charge in [0.2, 0.25) is 5.91 Å². The third-order valence-electron chi connectivity index (χ3n) is 5.18. The van der Waals surface area contributed by atoms with E-state index >= 15 is 0 Å². The fourth-order valence-corrected chi connectivity index (χ4v) is 4.70. The SMILES string of the molecule is O=C(Cc1cccc2ccccc12)NC[C@@H](c1cccs1)N1CCCC1. The van der Waals surface area contributed by atoms with Crippen LogP contribution in [-0.4, -0.2) is 30.4 Å². The van der Waals surface area contributed by atoms with Gasteiger partial charge in [-0.05, 0) is 53.7 Å². The number of carbonyl (C=O) groups is 1. The zero-order chi connectivity index (χ0) is 17.8. The van der Waals surface area contributed by atoms with Gasteiger partial charge in [-0.3, -0.25) is 9.69 Å². The van der Waals surface area contributed by atoms with Crippen LogP contribution in [0.5, 0.6) is 0 Å². The largest absolute Gasteiger partial charge is 0.354 e. The Morgan fingerprint density at radius 1 is 1.04 bits per heavy atom. The van der Waals surface area contributed by atoms with E-state index in [1.54, 1.807) is 11.3 Å². The lowest BCUT2D eigenvalue weighted by Gasteiger charge is -2.27. The van der Waals surface area contributed by atoms with Crippen molar-refractivity contribution in [3.05, 3.63) is 70.4 Å². The normalized spacial score (nSPS) is 16.0. The molecule has 26 heavy (non-hydrogen) atoms. The van der Waals surface area contributed by atoms with Gasteiger partial charge in [-0.25, -0.2) is 0 Å². The third kappa shape index (κ3) is 3.81. The van der Waals surface area contributed by atoms with Crippen LogP contribution in [0.25, 0.3) is 10.8 Å². The summed E-state index contributed by atoms with van der Waals surface area (Å²) >= 11 is 1.78. The van der Waals surface area contributed by atoms with Gasteiger partial charge in [-0.2, -0.15) is 0 Å². The van der Waals surface area contributed by atoms with Crippen molar-refractivity contribution in [1.29, 1.82) is 0 Å². The highest BCUT2D eigenvalue weighted by molar-refractivity contribution is 7.10. The maximum Gasteiger partial charge on any atom is 0.224 e. The molecule has 4 rings (SSSR count). The van der Waals surface area contributed by atoms with Crippen LogP contribution in [0, 0.1) is 0 Å². The van der Waals surface area contributed by atoms with Crippen LogP contribution in [0.1, 0.15) is 29.3 Å². The van der Waals surface area contributed by atoms with Crippen molar-refractivity contribution in [2.75, 3.05) is 19.6 Å². The van der Waals surface area contributed by atoms with Crippen molar-refractivity contribution in [3.63, 3.8) is 0 Å². The van der Waals surface area contributed by atoms with Crippen LogP contribution in [0.15, 0.2) is 60.0 Å². The van der Waals surface area contributed by atoms with E-state index < -0.39 is 0 Å². The Hall–Kier alpha value is -2.17. The molecular formula is C22H24N2OS. The molecule has 1 aliphatic heterocycles. The Balaban J connectivity index is 1.43. The van der Waals surface area contributed by atoms with E-state index in [-0.39, 0.29) is 5.91 Å². The van der Waals surface area contributed by atoms with Crippen molar-refractivity contribution < 1.29 is 4.79 Å². The summed E-state index contributed by atoms with van der Waals surface area (Å²) < 4.78 is 0. The maximum absolute atomic E-state index is 12.6. The van der Waals surface area contributed by atoms with E-state index in [1.807, 2.05) is 18.2 Å². The average Bonchev–Trinajstić information content (AvgIpc) is 3.37. The molecule has 0 spiro atoms. The lowest BCUT2D eigenvalue weighted by Crippen LogP contribution is -2.37. The van der Waals surface area contributed by atoms with Crippen LogP contribution in [0.4, 0.5) is 0 Å². The number of benzene rings is 2. The molecule has 0 aliphatic carbocycles. The van der Waals surface area contributed by atoms with Crippen molar-refractivity contribution in [2.45, 2.75) is 25.3 Å². The molecule has 2 aromatic carbocycles. The van der Waals surface area contributed by atoms with Gasteiger partial charge in [0.05, 0.1) is 12.5 Å². The molecule has 0 radical (unpaired) electrons. The quantitative estimate of drug-likeness (QED) is 0.703. The summed E-state index contributed by atoms with van der Waals surface area (Å²) in [5.41, 5.74) is 1.09. The summed E-state index contributed by atoms with van der Waals surface area (Å²) in [7, 11) is 0. The van der Waals surface area contributed by atoms with E-state index in [1.165, 1.54) is 28.5 Å². The molecule has 1 amide bonds. The van der Waals surface area contributed by atoms with E-state index in [4.69, 9.17) is 0 Å². The van der Waals surface area contributed by atoms with Crippen LogP contribution in [-0.2, 0) is 11.2 Å². The zero-order valence-corrected chi connectivity index (χ0v) is 15.7. The summed E-state index contributed by atoms with van der Waals surface area (Å²) in [6.45, 7) is 2.94. The summed E-state index contributed by atoms with van der Waals surface area (Å²) in [5, 5.41) is 7.66. The second-order valence-electron chi connectivity index (χ2n) is 6.89. The number of likely N-dealkylation sites (tertiary alicyclic amines) is 1. The fourth-order valence-electron chi connectivity index (χ4n) is 3.84. The number of nitrogens with one attached hydrogen (secondary N) is 1. The summed E-state index contributed by atoms with van der Waals surface area (Å²) in [4.78, 5) is 16.5. The number of hydrogen-bond donors (Lipinski definition) is 1. The molecule has 0 unspecified atom stereocenters. The first-order valence-electron chi connectivity index (χ1n) is 9.32. The second kappa shape index (κ2) is 8.02. The highest BCUT2D eigenvalue weighted by Crippen LogP contribution is 2.28. The maximum atomic E-state index is 12.6. The predicted molar refractivity (Wildman–Crippen MR) is 109 cm³/mol. The van der Waals surface area contributed by atoms with Crippen LogP contribution in [0.3, 0.4) is 0 Å². The van der Waals surface area contributed by atoms with Gasteiger partial charge in [-0.15, -0.1) is 11.3 Å². The first kappa shape index (κ1) is 17.3. The number of nitrogens with zero attached hydrogens (tertiary/aromatic N) is 1. The molecule has 134 valence electrons. The van der Waals surface area contributed by atoms with Gasteiger partial charge >= 0.3 is 0 Å². The Bertz CT molecular complexity index is 863. The van der Waals surface area contributed by atoms with Gasteiger partial charge in [-0.1, -0.05) is 48.5 Å². The van der Waals surface area contributed by atoms with Gasteiger partial charge in [0.1, 0.15) is 0 Å². The zero-order valence-electron chi connectivity index (χ0n) is 14.9. The summed E-state index contributed by atoms with van der Waals surface area (Å²) in [6, 6.07) is 19.0. The molecular weight excluding hydrogens is 340 g/mol. The van der Waals surface area contributed by atoms with Gasteiger partial charge in [0, 0.05) is 11.4 Å². The monoisotopic (exact) mass is 364 g/mol. The average molecular weight is 365 g/mol. The van der Waals surface area contributed by atoms with Gasteiger partial charge < -0.3 is 5.32 Å². The van der Waals surface area contributed by atoms with Crippen LogP contribution in [0.2, 0.25) is 0 Å². The topological polar surface area (TPSA) is 32.3 Å². The lowest BCUT2D eigenvalue weighted by molar-refractivity contribution is -0.120. The number of amides is 1. The first-order valence-corrected chi connectivity index (χ1v) is 10.2. The van der Waals surface area contributed by atoms with Gasteiger partial charge in [0.25, 0.3) is 0 Å². The molecule has 1 atom stereocenters. The van der Waals surface area contributed by atoms with E-state index in [9.17, 15) is 4.79 Å². The highest BCUT2D eigenvalue weighted by Gasteiger charge is 2.24. The minimum absolute atomic E-state index is 0.0992. The van der Waals surface area contributed by atoms with E-state index in [2.05, 4.69) is 52.0 Å². The van der Waals surface area contributed by atoms with E-state index in [0.717, 1.165) is 18.7 Å². The summed E-state index contributed by atoms with van der Waals surface area (Å²) in [5.74, 6) is 0.0992. The summed E-state index contributed by atoms with van der Waals surface area (Å²) in [6.07, 6.45) is 2.94. The molecule has 0 bridgehead atoms. The molecule has 0 saturated carbocycles. The van der Waals surface area contributed by atoms with E-state index in [0.29, 0.717) is 19.0 Å². The molecule has 1 aliphatic rings. The molecule has 3 nitrogen and oxygen atoms in total. The molecule has 1 saturated heterocycles. The molecule has 1 fully saturated rings. The minimum atomic E-state index is 0.0992. The minimum Gasteiger partial charge on any atom is -0.354 e. The fraction of sp³-hybridized carbons (Fsp3) is 0.318. The molecule has 2 heterocycles. The first-order chi connectivity index (χ1) is 12.8. The Kier molecular flexibility index (Phi) is 5.32. The lowest BCUT2D eigenvalue weighted by atomic mass is 10.0. The second-order valence-corrected chi connectivity index (χ2v) is 7.87. The Morgan fingerprint density at radius 3 is 2.65 bits per heavy atom. The van der Waals surface area contributed by atoms with Crippen molar-refractivity contribution in [1.82, 2.24) is 10.2 Å². The molecule has 4 heteroatoms. The molecule has 1 N–H and O–H groups in total. The van der Waals surface area contributed by atoms with Crippen molar-refractivity contribution in [3.8, 4) is 0 Å². The highest BCUT2D eigenvalue weighted by atomic mass is 32.1. The number of carbonyl (C=O) groups excluding carboxylic acids is 1. The third-order valence-corrected chi connectivity index (χ3v) is 6.15. The van der Waals surface area contributed by atoms with Crippen LogP contribution < -0.4 is 5.32 Å². The smallest absolute Gasteiger partial charge is 0.224 e. The number of rotatable bonds is 6. The van der Waals surface area contributed by atoms with Crippen molar-refractivity contribution in [2.24, 2.45) is 0 Å². The number of hydrogen-bond acceptors (Lipinski definition) is 3. The predicted octanol–water partition coefficient (Wildman–Crippen LogP) is 4.40. The Morgan fingerprint density at radius 2 is 1.85 bits per heavy atom. The number of fused-ring (bicyclic) bond motifs is 1. The van der Waals surface area contributed by atoms with Gasteiger partial charge in [0.15, 0.2) is 0 Å². The van der Waals surface area contributed by atoms with Crippen LogP contribution >= 0.6 is 11.3 Å². The van der Waals surface area contributed by atoms with Crippen molar-refractivity contribution >= 4 is 28.0 Å². The standard InChI is InChI=1S/C22H24N2OS/c25-22(15-18-9-5-8-17-7-1-2-10-19(17)18)23-16-20(21-11-6-14-26-21)24-12-3-4-13-24/h1-2,5-11,14,20H,3-4,12-13,15-16H2,(H,23,25)/t20-/m0/s1. The Labute approximate surface area is 158 Å².